The van der Waals surface area contributed by atoms with Gasteiger partial charge in [0.1, 0.15) is 12.4 Å². The number of fused-ring (bicyclic) bond motifs is 2. The van der Waals surface area contributed by atoms with Gasteiger partial charge in [0, 0.05) is 6.42 Å². The topological polar surface area (TPSA) is 71.1 Å². The van der Waals surface area contributed by atoms with Gasteiger partial charge in [-0.1, -0.05) is 18.2 Å². The highest BCUT2D eigenvalue weighted by Gasteiger charge is 2.40. The summed E-state index contributed by atoms with van der Waals surface area (Å²) in [7, 11) is 4.88. The average Bonchev–Trinajstić information content (AvgIpc) is 3.24. The lowest BCUT2D eigenvalue weighted by atomic mass is 9.89. The van der Waals surface area contributed by atoms with Crippen molar-refractivity contribution in [2.45, 2.75) is 13.0 Å². The standard InChI is InChI=1S/C24H25FNO6/c1-26(13-20(28)29-2)10-9-17-18(12-26)22(30-3)24-23(31-14-32-24)21(17)19(27)8-7-15-5-4-6-16(25)11-15/h4-8,11H,9-10,12-14H2,1-3H3/q+1. The molecule has 2 heterocycles. The third kappa shape index (κ3) is 4.05. The normalized spacial score (nSPS) is 19.0. The SMILES string of the molecule is COC(=O)C[N+]1(C)CCc2c(c(OC)c3c(c2C(=O)C=Cc2cccc(F)c2)OCO3)C1. The quantitative estimate of drug-likeness (QED) is 0.296. The third-order valence-electron chi connectivity index (χ3n) is 5.89. The number of quaternary nitrogens is 1. The van der Waals surface area contributed by atoms with Crippen LogP contribution in [0.5, 0.6) is 17.2 Å². The molecule has 2 aliphatic heterocycles. The molecule has 0 saturated heterocycles. The van der Waals surface area contributed by atoms with Crippen molar-refractivity contribution in [1.29, 1.82) is 0 Å². The van der Waals surface area contributed by atoms with E-state index >= 15 is 0 Å². The van der Waals surface area contributed by atoms with Gasteiger partial charge in [-0.3, -0.25) is 4.79 Å². The van der Waals surface area contributed by atoms with Gasteiger partial charge in [-0.05, 0) is 29.3 Å². The number of carbonyl (C=O) groups is 2. The number of nitrogens with zero attached hydrogens (tertiary/aromatic N) is 1. The van der Waals surface area contributed by atoms with Crippen molar-refractivity contribution >= 4 is 17.8 Å². The first-order chi connectivity index (χ1) is 15.3. The van der Waals surface area contributed by atoms with E-state index in [1.54, 1.807) is 25.3 Å². The summed E-state index contributed by atoms with van der Waals surface area (Å²) < 4.78 is 35.7. The molecule has 0 radical (unpaired) electrons. The van der Waals surface area contributed by atoms with E-state index in [0.717, 1.165) is 11.1 Å². The van der Waals surface area contributed by atoms with Crippen LogP contribution in [0, 0.1) is 5.82 Å². The lowest BCUT2D eigenvalue weighted by Crippen LogP contribution is -2.51. The van der Waals surface area contributed by atoms with Crippen LogP contribution in [0.3, 0.4) is 0 Å². The highest BCUT2D eigenvalue weighted by Crippen LogP contribution is 2.50. The van der Waals surface area contributed by atoms with Crippen molar-refractivity contribution in [3.8, 4) is 17.2 Å². The van der Waals surface area contributed by atoms with E-state index in [-0.39, 0.29) is 30.9 Å². The van der Waals surface area contributed by atoms with Crippen molar-refractivity contribution < 1.29 is 37.4 Å². The minimum absolute atomic E-state index is 0.0171. The highest BCUT2D eigenvalue weighted by molar-refractivity contribution is 6.11. The number of hydrogen-bond acceptors (Lipinski definition) is 6. The molecule has 0 N–H and O–H groups in total. The van der Waals surface area contributed by atoms with E-state index in [4.69, 9.17) is 18.9 Å². The zero-order valence-electron chi connectivity index (χ0n) is 18.3. The average molecular weight is 442 g/mol. The number of rotatable bonds is 6. The summed E-state index contributed by atoms with van der Waals surface area (Å²) in [5.41, 5.74) is 2.64. The van der Waals surface area contributed by atoms with Crippen LogP contribution in [-0.2, 0) is 22.5 Å². The molecule has 8 heteroatoms. The van der Waals surface area contributed by atoms with Crippen molar-refractivity contribution in [3.63, 3.8) is 0 Å². The number of likely N-dealkylation sites (N-methyl/N-ethyl adjacent to an activating group) is 1. The Bertz CT molecular complexity index is 1110. The Morgan fingerprint density at radius 3 is 2.69 bits per heavy atom. The molecule has 0 saturated carbocycles. The molecule has 4 rings (SSSR count). The molecule has 32 heavy (non-hydrogen) atoms. The maximum atomic E-state index is 13.5. The fourth-order valence-corrected chi connectivity index (χ4v) is 4.33. The fourth-order valence-electron chi connectivity index (χ4n) is 4.33. The molecule has 0 aliphatic carbocycles. The Hall–Kier alpha value is -3.39. The molecular weight excluding hydrogens is 417 g/mol. The Morgan fingerprint density at radius 2 is 1.97 bits per heavy atom. The Balaban J connectivity index is 1.77. The molecule has 1 atom stereocenters. The van der Waals surface area contributed by atoms with E-state index < -0.39 is 0 Å². The van der Waals surface area contributed by atoms with Crippen LogP contribution in [0.25, 0.3) is 6.08 Å². The molecular formula is C24H25FNO6+. The maximum absolute atomic E-state index is 13.5. The molecule has 0 aromatic heterocycles. The summed E-state index contributed by atoms with van der Waals surface area (Å²) in [5.74, 6) is 0.330. The van der Waals surface area contributed by atoms with E-state index in [1.807, 2.05) is 7.05 Å². The third-order valence-corrected chi connectivity index (χ3v) is 5.89. The van der Waals surface area contributed by atoms with Gasteiger partial charge in [-0.2, -0.15) is 0 Å². The zero-order valence-corrected chi connectivity index (χ0v) is 18.3. The van der Waals surface area contributed by atoms with Crippen LogP contribution in [0.15, 0.2) is 30.3 Å². The second-order valence-electron chi connectivity index (χ2n) is 8.17. The minimum Gasteiger partial charge on any atom is -0.492 e. The Morgan fingerprint density at radius 1 is 1.19 bits per heavy atom. The van der Waals surface area contributed by atoms with Crippen LogP contribution in [-0.4, -0.2) is 57.4 Å². The number of carbonyl (C=O) groups excluding carboxylic acids is 2. The van der Waals surface area contributed by atoms with Crippen molar-refractivity contribution in [1.82, 2.24) is 0 Å². The van der Waals surface area contributed by atoms with E-state index in [0.29, 0.717) is 52.4 Å². The first-order valence-corrected chi connectivity index (χ1v) is 10.2. The lowest BCUT2D eigenvalue weighted by molar-refractivity contribution is -0.917. The van der Waals surface area contributed by atoms with Gasteiger partial charge in [0.15, 0.2) is 23.8 Å². The van der Waals surface area contributed by atoms with E-state index in [2.05, 4.69) is 0 Å². The molecule has 2 aliphatic rings. The largest absolute Gasteiger partial charge is 0.492 e. The van der Waals surface area contributed by atoms with Crippen LogP contribution in [0.1, 0.15) is 27.0 Å². The van der Waals surface area contributed by atoms with Gasteiger partial charge < -0.3 is 23.4 Å². The number of methoxy groups -OCH3 is 2. The summed E-state index contributed by atoms with van der Waals surface area (Å²) in [4.78, 5) is 25.2. The van der Waals surface area contributed by atoms with Gasteiger partial charge in [-0.25, -0.2) is 9.18 Å². The molecule has 168 valence electrons. The monoisotopic (exact) mass is 442 g/mol. The smallest absolute Gasteiger partial charge is 0.361 e. The summed E-state index contributed by atoms with van der Waals surface area (Å²) in [6, 6.07) is 6.01. The zero-order chi connectivity index (χ0) is 22.9. The second kappa shape index (κ2) is 8.63. The van der Waals surface area contributed by atoms with Gasteiger partial charge in [-0.15, -0.1) is 0 Å². The summed E-state index contributed by atoms with van der Waals surface area (Å²) in [6.07, 6.45) is 3.53. The van der Waals surface area contributed by atoms with Gasteiger partial charge in [0.2, 0.25) is 12.5 Å². The predicted octanol–water partition coefficient (Wildman–Crippen LogP) is 3.13. The van der Waals surface area contributed by atoms with Crippen LogP contribution in [0.4, 0.5) is 4.39 Å². The van der Waals surface area contributed by atoms with E-state index in [1.165, 1.54) is 25.3 Å². The predicted molar refractivity (Wildman–Crippen MR) is 114 cm³/mol. The highest BCUT2D eigenvalue weighted by atomic mass is 19.1. The summed E-state index contributed by atoms with van der Waals surface area (Å²) in [6.45, 7) is 1.30. The van der Waals surface area contributed by atoms with Crippen molar-refractivity contribution in [2.75, 3.05) is 41.1 Å². The lowest BCUT2D eigenvalue weighted by Gasteiger charge is -2.38. The van der Waals surface area contributed by atoms with Gasteiger partial charge in [0.05, 0.1) is 38.9 Å². The summed E-state index contributed by atoms with van der Waals surface area (Å²) in [5, 5.41) is 0. The number of allylic oxidation sites excluding steroid dienone is 1. The number of halogens is 1. The molecule has 0 amide bonds. The summed E-state index contributed by atoms with van der Waals surface area (Å²) >= 11 is 0. The molecule has 7 nitrogen and oxygen atoms in total. The van der Waals surface area contributed by atoms with Crippen LogP contribution >= 0.6 is 0 Å². The number of hydrogen-bond donors (Lipinski definition) is 0. The Kier molecular flexibility index (Phi) is 5.88. The van der Waals surface area contributed by atoms with Crippen LogP contribution in [0.2, 0.25) is 0 Å². The van der Waals surface area contributed by atoms with Crippen molar-refractivity contribution in [3.05, 3.63) is 58.4 Å². The molecule has 0 fully saturated rings. The number of esters is 1. The number of benzene rings is 2. The first-order valence-electron chi connectivity index (χ1n) is 10.2. The minimum atomic E-state index is -0.373. The van der Waals surface area contributed by atoms with Crippen molar-refractivity contribution in [2.24, 2.45) is 0 Å². The molecule has 0 bridgehead atoms. The first kappa shape index (κ1) is 21.8. The molecule has 2 aromatic carbocycles. The number of ketones is 1. The molecule has 0 spiro atoms. The number of ether oxygens (including phenoxy) is 4. The molecule has 1 unspecified atom stereocenters. The molecule has 2 aromatic rings. The maximum Gasteiger partial charge on any atom is 0.361 e. The van der Waals surface area contributed by atoms with Crippen LogP contribution < -0.4 is 14.2 Å². The van der Waals surface area contributed by atoms with E-state index in [9.17, 15) is 14.0 Å². The fraction of sp³-hybridized carbons (Fsp3) is 0.333. The Labute approximate surface area is 185 Å². The van der Waals surface area contributed by atoms with Gasteiger partial charge in [0.25, 0.3) is 0 Å². The van der Waals surface area contributed by atoms with Gasteiger partial charge >= 0.3 is 5.97 Å². The second-order valence-corrected chi connectivity index (χ2v) is 8.17.